The average Bonchev–Trinajstić information content (AvgIpc) is 3.00. The first-order chi connectivity index (χ1) is 13.6. The fourth-order valence-corrected chi connectivity index (χ4v) is 3.41. The molecule has 0 aliphatic carbocycles. The van der Waals surface area contributed by atoms with Gasteiger partial charge in [-0.1, -0.05) is 31.2 Å². The number of aromatic nitrogens is 2. The molecule has 0 spiro atoms. The monoisotopic (exact) mass is 382 g/mol. The number of hydrogen-bond donors (Lipinski definition) is 0. The molecule has 5 heteroatoms. The Hall–Kier alpha value is -2.82. The molecule has 0 atom stereocenters. The van der Waals surface area contributed by atoms with Crippen molar-refractivity contribution in [1.29, 1.82) is 0 Å². The molecule has 0 saturated carbocycles. The van der Waals surface area contributed by atoms with E-state index in [1.165, 1.54) is 17.7 Å². The van der Waals surface area contributed by atoms with Crippen LogP contribution in [0.1, 0.15) is 36.6 Å². The van der Waals surface area contributed by atoms with E-state index < -0.39 is 0 Å². The zero-order valence-corrected chi connectivity index (χ0v) is 16.5. The summed E-state index contributed by atoms with van der Waals surface area (Å²) < 4.78 is 21.9. The van der Waals surface area contributed by atoms with Crippen LogP contribution in [0.2, 0.25) is 0 Å². The number of methoxy groups -OCH3 is 1. The molecule has 0 N–H and O–H groups in total. The van der Waals surface area contributed by atoms with Crippen LogP contribution in [0.4, 0.5) is 4.39 Å². The summed E-state index contributed by atoms with van der Waals surface area (Å²) in [4.78, 5) is 12.8. The Bertz CT molecular complexity index is 940. The molecule has 3 aromatic rings. The summed E-state index contributed by atoms with van der Waals surface area (Å²) in [7, 11) is 1.67. The molecule has 1 heterocycles. The summed E-state index contributed by atoms with van der Waals surface area (Å²) in [6.07, 6.45) is 5.63. The molecule has 0 amide bonds. The first-order valence-electron chi connectivity index (χ1n) is 9.77. The minimum absolute atomic E-state index is 0.00521. The molecule has 28 heavy (non-hydrogen) atoms. The van der Waals surface area contributed by atoms with Gasteiger partial charge in [-0.25, -0.2) is 9.18 Å². The maximum Gasteiger partial charge on any atom is 0.328 e. The number of nitrogens with zero attached hydrogens (tertiary/aromatic N) is 2. The van der Waals surface area contributed by atoms with Crippen molar-refractivity contribution in [3.63, 3.8) is 0 Å². The Morgan fingerprint density at radius 2 is 1.64 bits per heavy atom. The molecule has 1 aromatic heterocycles. The van der Waals surface area contributed by atoms with Gasteiger partial charge in [0.25, 0.3) is 0 Å². The fraction of sp³-hybridized carbons (Fsp3) is 0.348. The van der Waals surface area contributed by atoms with Crippen LogP contribution in [0.5, 0.6) is 5.75 Å². The number of aryl methyl sites for hydroxylation is 2. The third kappa shape index (κ3) is 4.91. The SMILES string of the molecule is CCCn1c(CCCc2ccc(OC)cc2)cn(Cc2ccc(F)cc2)c1=O. The van der Waals surface area contributed by atoms with E-state index in [-0.39, 0.29) is 11.5 Å². The van der Waals surface area contributed by atoms with Gasteiger partial charge in [0.2, 0.25) is 0 Å². The van der Waals surface area contributed by atoms with Gasteiger partial charge in [0.05, 0.1) is 13.7 Å². The van der Waals surface area contributed by atoms with E-state index in [0.717, 1.165) is 42.7 Å². The van der Waals surface area contributed by atoms with Crippen LogP contribution in [0, 0.1) is 5.82 Å². The van der Waals surface area contributed by atoms with Crippen molar-refractivity contribution >= 4 is 0 Å². The number of halogens is 1. The Kier molecular flexibility index (Phi) is 6.69. The van der Waals surface area contributed by atoms with Crippen molar-refractivity contribution < 1.29 is 9.13 Å². The van der Waals surface area contributed by atoms with Crippen LogP contribution >= 0.6 is 0 Å². The standard InChI is InChI=1S/C23H27FN2O2/c1-3-15-26-21(6-4-5-18-9-13-22(28-2)14-10-18)17-25(23(26)27)16-19-7-11-20(24)12-8-19/h7-14,17H,3-6,15-16H2,1-2H3. The first kappa shape index (κ1) is 19.9. The van der Waals surface area contributed by atoms with E-state index in [1.54, 1.807) is 23.8 Å². The van der Waals surface area contributed by atoms with Crippen molar-refractivity contribution in [3.8, 4) is 5.75 Å². The normalized spacial score (nSPS) is 11.0. The van der Waals surface area contributed by atoms with Gasteiger partial charge in [0.1, 0.15) is 11.6 Å². The molecule has 0 bridgehead atoms. The minimum Gasteiger partial charge on any atom is -0.497 e. The summed E-state index contributed by atoms with van der Waals surface area (Å²) in [5.74, 6) is 0.595. The number of rotatable bonds is 9. The third-order valence-electron chi connectivity index (χ3n) is 4.90. The van der Waals surface area contributed by atoms with Crippen molar-refractivity contribution in [2.45, 2.75) is 45.7 Å². The van der Waals surface area contributed by atoms with E-state index in [4.69, 9.17) is 4.74 Å². The van der Waals surface area contributed by atoms with Crippen LogP contribution in [-0.2, 0) is 25.9 Å². The van der Waals surface area contributed by atoms with Crippen LogP contribution in [0.15, 0.2) is 59.5 Å². The zero-order valence-electron chi connectivity index (χ0n) is 16.5. The van der Waals surface area contributed by atoms with Gasteiger partial charge in [0.15, 0.2) is 0 Å². The van der Waals surface area contributed by atoms with E-state index in [1.807, 2.05) is 22.9 Å². The smallest absolute Gasteiger partial charge is 0.328 e. The summed E-state index contributed by atoms with van der Waals surface area (Å²) in [6, 6.07) is 14.4. The number of ether oxygens (including phenoxy) is 1. The Balaban J connectivity index is 1.70. The first-order valence-corrected chi connectivity index (χ1v) is 9.77. The quantitative estimate of drug-likeness (QED) is 0.549. The second kappa shape index (κ2) is 9.40. The Morgan fingerprint density at radius 3 is 2.29 bits per heavy atom. The number of benzene rings is 2. The molecule has 0 radical (unpaired) electrons. The van der Waals surface area contributed by atoms with Gasteiger partial charge >= 0.3 is 5.69 Å². The number of imidazole rings is 1. The number of hydrogen-bond acceptors (Lipinski definition) is 2. The lowest BCUT2D eigenvalue weighted by Gasteiger charge is -2.06. The second-order valence-corrected chi connectivity index (χ2v) is 7.01. The maximum absolute atomic E-state index is 13.1. The molecule has 0 aliphatic heterocycles. The highest BCUT2D eigenvalue weighted by atomic mass is 19.1. The van der Waals surface area contributed by atoms with Gasteiger partial charge in [0, 0.05) is 18.4 Å². The van der Waals surface area contributed by atoms with E-state index >= 15 is 0 Å². The Labute approximate surface area is 165 Å². The Morgan fingerprint density at radius 1 is 0.964 bits per heavy atom. The fourth-order valence-electron chi connectivity index (χ4n) is 3.41. The lowest BCUT2D eigenvalue weighted by molar-refractivity contribution is 0.414. The van der Waals surface area contributed by atoms with Gasteiger partial charge < -0.3 is 4.74 Å². The van der Waals surface area contributed by atoms with Crippen molar-refractivity contribution in [2.24, 2.45) is 0 Å². The van der Waals surface area contributed by atoms with Gasteiger partial charge in [-0.2, -0.15) is 0 Å². The van der Waals surface area contributed by atoms with Crippen molar-refractivity contribution in [1.82, 2.24) is 9.13 Å². The van der Waals surface area contributed by atoms with Crippen LogP contribution < -0.4 is 10.4 Å². The maximum atomic E-state index is 13.1. The molecule has 3 rings (SSSR count). The van der Waals surface area contributed by atoms with E-state index in [0.29, 0.717) is 13.1 Å². The second-order valence-electron chi connectivity index (χ2n) is 7.01. The highest BCUT2D eigenvalue weighted by Gasteiger charge is 2.11. The summed E-state index contributed by atoms with van der Waals surface area (Å²) >= 11 is 0. The molecular formula is C23H27FN2O2. The van der Waals surface area contributed by atoms with Gasteiger partial charge in [-0.15, -0.1) is 0 Å². The molecule has 148 valence electrons. The summed E-state index contributed by atoms with van der Waals surface area (Å²) in [5.41, 5.74) is 3.24. The third-order valence-corrected chi connectivity index (χ3v) is 4.90. The van der Waals surface area contributed by atoms with Crippen LogP contribution in [0.3, 0.4) is 0 Å². The zero-order chi connectivity index (χ0) is 19.9. The van der Waals surface area contributed by atoms with Crippen LogP contribution in [0.25, 0.3) is 0 Å². The molecule has 2 aromatic carbocycles. The molecule has 4 nitrogen and oxygen atoms in total. The van der Waals surface area contributed by atoms with Crippen LogP contribution in [-0.4, -0.2) is 16.2 Å². The van der Waals surface area contributed by atoms with E-state index in [2.05, 4.69) is 19.1 Å². The van der Waals surface area contributed by atoms with Crippen molar-refractivity contribution in [3.05, 3.63) is 87.9 Å². The molecule has 0 unspecified atom stereocenters. The lowest BCUT2D eigenvalue weighted by atomic mass is 10.1. The highest BCUT2D eigenvalue weighted by Crippen LogP contribution is 2.14. The van der Waals surface area contributed by atoms with Crippen molar-refractivity contribution in [2.75, 3.05) is 7.11 Å². The minimum atomic E-state index is -0.265. The summed E-state index contributed by atoms with van der Waals surface area (Å²) in [5, 5.41) is 0. The average molecular weight is 382 g/mol. The van der Waals surface area contributed by atoms with Gasteiger partial charge in [-0.05, 0) is 61.1 Å². The molecule has 0 aliphatic rings. The highest BCUT2D eigenvalue weighted by molar-refractivity contribution is 5.27. The molecular weight excluding hydrogens is 355 g/mol. The molecule has 0 fully saturated rings. The topological polar surface area (TPSA) is 36.2 Å². The largest absolute Gasteiger partial charge is 0.497 e. The van der Waals surface area contributed by atoms with E-state index in [9.17, 15) is 9.18 Å². The summed E-state index contributed by atoms with van der Waals surface area (Å²) in [6.45, 7) is 3.25. The lowest BCUT2D eigenvalue weighted by Crippen LogP contribution is -2.25. The predicted molar refractivity (Wildman–Crippen MR) is 110 cm³/mol. The predicted octanol–water partition coefficient (Wildman–Crippen LogP) is 4.43. The molecule has 0 saturated heterocycles. The van der Waals surface area contributed by atoms with Gasteiger partial charge in [-0.3, -0.25) is 9.13 Å².